The minimum atomic E-state index is 0. The largest absolute Gasteiger partial charge is 0.385 e. The van der Waals surface area contributed by atoms with Gasteiger partial charge in [0.05, 0.1) is 0 Å². The van der Waals surface area contributed by atoms with Crippen LogP contribution in [-0.4, -0.2) is 32.6 Å². The van der Waals surface area contributed by atoms with E-state index in [2.05, 4.69) is 4.74 Å². The van der Waals surface area contributed by atoms with Crippen LogP contribution in [0.2, 0.25) is 0 Å². The summed E-state index contributed by atoms with van der Waals surface area (Å²) in [5, 5.41) is 0. The van der Waals surface area contributed by atoms with Gasteiger partial charge >= 0.3 is 0 Å². The minimum Gasteiger partial charge on any atom is -0.385 e. The van der Waals surface area contributed by atoms with Crippen LogP contribution in [0.1, 0.15) is 6.92 Å². The zero-order valence-electron chi connectivity index (χ0n) is 4.52. The number of methoxy groups -OCH3 is 1. The first kappa shape index (κ1) is 15.8. The van der Waals surface area contributed by atoms with Crippen LogP contribution in [0.4, 0.5) is 0 Å². The van der Waals surface area contributed by atoms with Crippen molar-refractivity contribution in [2.75, 3.05) is 13.7 Å². The number of rotatable bonds is 1. The van der Waals surface area contributed by atoms with E-state index in [1.165, 1.54) is 0 Å². The molecule has 0 aromatic rings. The van der Waals surface area contributed by atoms with Crippen molar-refractivity contribution >= 4 is 32.4 Å². The number of hydrogen-bond donors (Lipinski definition) is 0. The van der Waals surface area contributed by atoms with E-state index < -0.39 is 0 Å². The van der Waals surface area contributed by atoms with Crippen LogP contribution in [-0.2, 0) is 4.74 Å². The summed E-state index contributed by atoms with van der Waals surface area (Å²) >= 11 is 0. The molecule has 0 saturated heterocycles. The summed E-state index contributed by atoms with van der Waals surface area (Å²) in [4.78, 5) is 0. The Labute approximate surface area is 58.1 Å². The van der Waals surface area contributed by atoms with Gasteiger partial charge in [-0.25, -0.2) is 0 Å². The minimum absolute atomic E-state index is 0. The molecule has 3 radical (unpaired) electrons. The van der Waals surface area contributed by atoms with Gasteiger partial charge in [-0.3, -0.25) is 0 Å². The Morgan fingerprint density at radius 3 is 1.67 bits per heavy atom. The molecule has 0 spiro atoms. The maximum atomic E-state index is 4.54. The Morgan fingerprint density at radius 1 is 1.50 bits per heavy atom. The fraction of sp³-hybridized carbons (Fsp3) is 1.00. The molecule has 0 aliphatic rings. The fourth-order valence-corrected chi connectivity index (χ4v) is 0. The molecule has 0 heterocycles. The molecule has 0 atom stereocenters. The third-order valence-electron chi connectivity index (χ3n) is 0.289. The van der Waals surface area contributed by atoms with E-state index in [0.717, 1.165) is 6.61 Å². The van der Waals surface area contributed by atoms with E-state index in [1.807, 2.05) is 6.92 Å². The molecule has 0 aliphatic heterocycles. The van der Waals surface area contributed by atoms with E-state index >= 15 is 0 Å². The summed E-state index contributed by atoms with van der Waals surface area (Å²) in [5.41, 5.74) is 0. The normalized spacial score (nSPS) is 5.00. The zero-order chi connectivity index (χ0) is 3.41. The second kappa shape index (κ2) is 16.8. The predicted molar refractivity (Wildman–Crippen MR) is 30.9 cm³/mol. The molecule has 0 bridgehead atoms. The van der Waals surface area contributed by atoms with Crippen molar-refractivity contribution in [2.24, 2.45) is 0 Å². The van der Waals surface area contributed by atoms with E-state index in [9.17, 15) is 0 Å². The van der Waals surface area contributed by atoms with Gasteiger partial charge in [0.25, 0.3) is 0 Å². The molecule has 1 nitrogen and oxygen atoms in total. The SMILES string of the molecule is CCOC.[Li].[S]. The van der Waals surface area contributed by atoms with Crippen LogP contribution >= 0.6 is 13.5 Å². The van der Waals surface area contributed by atoms with Gasteiger partial charge < -0.3 is 4.74 Å². The Morgan fingerprint density at radius 2 is 1.67 bits per heavy atom. The number of ether oxygens (including phenoxy) is 1. The smallest absolute Gasteiger partial charge is 0.0433 e. The van der Waals surface area contributed by atoms with E-state index in [1.54, 1.807) is 7.11 Å². The van der Waals surface area contributed by atoms with Gasteiger partial charge in [0, 0.05) is 46.1 Å². The third kappa shape index (κ3) is 20.6. The monoisotopic (exact) mass is 99.0 g/mol. The molecule has 33 valence electrons. The molecular weight excluding hydrogens is 91.0 g/mol. The van der Waals surface area contributed by atoms with Gasteiger partial charge in [-0.1, -0.05) is 0 Å². The second-order valence-electron chi connectivity index (χ2n) is 0.577. The van der Waals surface area contributed by atoms with Crippen LogP contribution < -0.4 is 0 Å². The fourth-order valence-electron chi connectivity index (χ4n) is 0. The maximum Gasteiger partial charge on any atom is 0.0433 e. The first-order valence-electron chi connectivity index (χ1n) is 1.40. The van der Waals surface area contributed by atoms with Crippen LogP contribution in [0.15, 0.2) is 0 Å². The quantitative estimate of drug-likeness (QED) is 0.444. The van der Waals surface area contributed by atoms with Crippen molar-refractivity contribution in [1.82, 2.24) is 0 Å². The summed E-state index contributed by atoms with van der Waals surface area (Å²) in [6, 6.07) is 0. The topological polar surface area (TPSA) is 9.23 Å². The predicted octanol–water partition coefficient (Wildman–Crippen LogP) is 0.920. The summed E-state index contributed by atoms with van der Waals surface area (Å²) in [5.74, 6) is 0. The van der Waals surface area contributed by atoms with Crippen molar-refractivity contribution in [3.63, 3.8) is 0 Å². The molecule has 6 heavy (non-hydrogen) atoms. The molecule has 0 unspecified atom stereocenters. The second-order valence-corrected chi connectivity index (χ2v) is 0.577. The molecule has 0 aliphatic carbocycles. The van der Waals surface area contributed by atoms with E-state index in [-0.39, 0.29) is 32.4 Å². The molecule has 0 N–H and O–H groups in total. The van der Waals surface area contributed by atoms with E-state index in [4.69, 9.17) is 0 Å². The van der Waals surface area contributed by atoms with Crippen molar-refractivity contribution in [3.8, 4) is 0 Å². The van der Waals surface area contributed by atoms with Gasteiger partial charge in [0.2, 0.25) is 0 Å². The zero-order valence-corrected chi connectivity index (χ0v) is 5.34. The molecule has 0 amide bonds. The van der Waals surface area contributed by atoms with Gasteiger partial charge in [0.15, 0.2) is 0 Å². The van der Waals surface area contributed by atoms with Crippen LogP contribution in [0.5, 0.6) is 0 Å². The summed E-state index contributed by atoms with van der Waals surface area (Å²) in [6.45, 7) is 2.78. The van der Waals surface area contributed by atoms with Gasteiger partial charge in [0.1, 0.15) is 0 Å². The molecular formula is C3H8LiOS. The maximum absolute atomic E-state index is 4.54. The van der Waals surface area contributed by atoms with Gasteiger partial charge in [-0.15, -0.1) is 0 Å². The third-order valence-corrected chi connectivity index (χ3v) is 0.289. The standard InChI is InChI=1S/C3H8O.Li.S/c1-3-4-2;;/h3H2,1-2H3;;. The summed E-state index contributed by atoms with van der Waals surface area (Å²) in [7, 11) is 1.68. The summed E-state index contributed by atoms with van der Waals surface area (Å²) in [6.07, 6.45) is 0. The average Bonchev–Trinajstić information content (AvgIpc) is 1.37. The van der Waals surface area contributed by atoms with Gasteiger partial charge in [-0.2, -0.15) is 0 Å². The molecule has 0 rings (SSSR count). The first-order chi connectivity index (χ1) is 1.91. The first-order valence-corrected chi connectivity index (χ1v) is 1.40. The molecule has 0 fully saturated rings. The molecule has 0 aromatic carbocycles. The van der Waals surface area contributed by atoms with Crippen LogP contribution in [0.25, 0.3) is 0 Å². The van der Waals surface area contributed by atoms with Gasteiger partial charge in [-0.05, 0) is 6.92 Å². The Kier molecular flexibility index (Phi) is 44.3. The van der Waals surface area contributed by atoms with Crippen LogP contribution in [0.3, 0.4) is 0 Å². The number of hydrogen-bond acceptors (Lipinski definition) is 1. The Balaban J connectivity index is -0.0000000450. The molecule has 3 heteroatoms. The Hall–Kier alpha value is 0.907. The summed E-state index contributed by atoms with van der Waals surface area (Å²) < 4.78 is 4.54. The van der Waals surface area contributed by atoms with Crippen molar-refractivity contribution in [1.29, 1.82) is 0 Å². The van der Waals surface area contributed by atoms with Crippen molar-refractivity contribution < 1.29 is 4.74 Å². The molecule has 0 aromatic heterocycles. The molecule has 0 saturated carbocycles. The Bertz CT molecular complexity index is 12.8. The van der Waals surface area contributed by atoms with Crippen molar-refractivity contribution in [3.05, 3.63) is 0 Å². The average molecular weight is 99.1 g/mol. The van der Waals surface area contributed by atoms with Crippen molar-refractivity contribution in [2.45, 2.75) is 6.92 Å². The van der Waals surface area contributed by atoms with Crippen LogP contribution in [0, 0.1) is 0 Å². The van der Waals surface area contributed by atoms with E-state index in [0.29, 0.717) is 0 Å².